The Morgan fingerprint density at radius 3 is 0.826 bits per heavy atom. The summed E-state index contributed by atoms with van der Waals surface area (Å²) in [5.41, 5.74) is 12.3. The number of fused-ring (bicyclic) bond motifs is 8. The molecule has 0 unspecified atom stereocenters. The Bertz CT molecular complexity index is 6940. The van der Waals surface area contributed by atoms with Gasteiger partial charge in [0.2, 0.25) is 0 Å². The van der Waals surface area contributed by atoms with E-state index in [0.29, 0.717) is 106 Å². The predicted molar refractivity (Wildman–Crippen MR) is 580 cm³/mol. The molecule has 36 heteroatoms. The lowest BCUT2D eigenvalue weighted by atomic mass is 10.1. The first kappa shape index (κ1) is 105. The maximum Gasteiger partial charge on any atom is 0.337 e. The SMILES string of the molecule is CCN(CC)CCNC(=O)c1cccc2c(=O)c3cc(I)ccc3[nH]c12.CCN(CC)CCNC(=O)c1cccc2c(=O)c3cc(I)ccc3[nH]c12.Cl.Nc1ccc(I)cc1.O=C(O)c1cccc(C(=O)O)c1I.O=C(O)c1cccc(C(=O)O)c1Nc1ccc(I)cc1.O=C(O)c1cccc2c(=O)c3cc(I)ccc3[nH]c12.O=C(O)c1cccc2c(=O)c3cc(I)ccc3[nH]c12. The Morgan fingerprint density at radius 1 is 0.311 bits per heavy atom. The number of hydrogen-bond acceptors (Lipinski definition) is 16. The van der Waals surface area contributed by atoms with E-state index in [1.165, 1.54) is 52.1 Å². The predicted octanol–water partition coefficient (Wildman–Crippen LogP) is 20.1. The van der Waals surface area contributed by atoms with Gasteiger partial charge in [-0.15, -0.1) is 12.4 Å². The van der Waals surface area contributed by atoms with Crippen molar-refractivity contribution >= 4 is 322 Å². The minimum Gasteiger partial charge on any atom is -0.478 e. The van der Waals surface area contributed by atoms with Crippen molar-refractivity contribution in [3.63, 3.8) is 0 Å². The number of anilines is 3. The summed E-state index contributed by atoms with van der Waals surface area (Å²) in [5, 5.41) is 67.1. The average Bonchev–Trinajstić information content (AvgIpc) is 0.772. The zero-order chi connectivity index (χ0) is 95.2. The van der Waals surface area contributed by atoms with E-state index >= 15 is 0 Å². The summed E-state index contributed by atoms with van der Waals surface area (Å²) >= 11 is 14.8. The van der Waals surface area contributed by atoms with Crippen LogP contribution in [-0.2, 0) is 0 Å². The molecule has 28 nitrogen and oxygen atoms in total. The van der Waals surface area contributed by atoms with Crippen molar-refractivity contribution in [1.29, 1.82) is 0 Å². The number of H-pyrrole nitrogens is 4. The maximum atomic E-state index is 12.8. The van der Waals surface area contributed by atoms with Crippen LogP contribution >= 0.6 is 171 Å². The quantitative estimate of drug-likeness (QED) is 0.0191. The van der Waals surface area contributed by atoms with Crippen LogP contribution in [0, 0.1) is 25.0 Å². The number of nitrogens with one attached hydrogen (secondary N) is 7. The second-order valence-corrected chi connectivity index (χ2v) is 37.0. The van der Waals surface area contributed by atoms with Gasteiger partial charge in [-0.3, -0.25) is 28.8 Å². The number of halogens is 8. The van der Waals surface area contributed by atoms with Crippen LogP contribution < -0.4 is 43.4 Å². The van der Waals surface area contributed by atoms with Gasteiger partial charge in [-0.25, -0.2) is 28.8 Å². The number of carboxylic acids is 6. The highest BCUT2D eigenvalue weighted by Crippen LogP contribution is 2.29. The summed E-state index contributed by atoms with van der Waals surface area (Å²) in [6, 6.07) is 65.5. The Balaban J connectivity index is 0.000000177. The molecule has 12 aromatic carbocycles. The fourth-order valence-corrected chi connectivity index (χ4v) is 17.1. The highest BCUT2D eigenvalue weighted by molar-refractivity contribution is 14.1. The van der Waals surface area contributed by atoms with Gasteiger partial charge in [0.25, 0.3) is 11.8 Å². The van der Waals surface area contributed by atoms with Crippen LogP contribution in [0.15, 0.2) is 250 Å². The van der Waals surface area contributed by atoms with Crippen molar-refractivity contribution in [2.45, 2.75) is 27.7 Å². The second kappa shape index (κ2) is 49.3. The molecule has 132 heavy (non-hydrogen) atoms. The molecule has 4 aromatic heterocycles. The number of amides is 2. The summed E-state index contributed by atoms with van der Waals surface area (Å²) in [7, 11) is 0. The van der Waals surface area contributed by atoms with Crippen LogP contribution in [0.3, 0.4) is 0 Å². The molecule has 0 spiro atoms. The van der Waals surface area contributed by atoms with Gasteiger partial charge in [-0.1, -0.05) is 64.1 Å². The molecular weight excluding hydrogens is 2500 g/mol. The maximum absolute atomic E-state index is 12.8. The number of nitrogens with zero attached hydrogens (tertiary/aromatic N) is 2. The molecule has 4 heterocycles. The van der Waals surface area contributed by atoms with E-state index in [4.69, 9.17) is 36.4 Å². The molecule has 0 saturated carbocycles. The van der Waals surface area contributed by atoms with Gasteiger partial charge in [0.1, 0.15) is 0 Å². The number of para-hydroxylation sites is 5. The van der Waals surface area contributed by atoms with E-state index in [-0.39, 0.29) is 88.6 Å². The topological polar surface area (TPSA) is 458 Å². The average molecular weight is 2590 g/mol. The molecule has 0 aliphatic carbocycles. The zero-order valence-electron chi connectivity index (χ0n) is 70.2. The van der Waals surface area contributed by atoms with Crippen LogP contribution in [-0.4, -0.2) is 160 Å². The summed E-state index contributed by atoms with van der Waals surface area (Å²) in [4.78, 5) is 159. The fraction of sp³-hybridized carbons (Fsp3) is 0.125. The van der Waals surface area contributed by atoms with E-state index < -0.39 is 35.8 Å². The molecule has 16 rings (SSSR count). The van der Waals surface area contributed by atoms with Crippen molar-refractivity contribution in [3.05, 3.63) is 341 Å². The molecule has 15 N–H and O–H groups in total. The first-order valence-corrected chi connectivity index (χ1v) is 47.4. The lowest BCUT2D eigenvalue weighted by Crippen LogP contribution is -2.35. The molecular formula is C96H82ClI7N10O18. The fourth-order valence-electron chi connectivity index (χ4n) is 13.6. The van der Waals surface area contributed by atoms with Gasteiger partial charge < -0.3 is 82.1 Å². The monoisotopic (exact) mass is 2590 g/mol. The number of nitrogens with two attached hydrogens (primary N) is 1. The van der Waals surface area contributed by atoms with Crippen molar-refractivity contribution in [3.8, 4) is 0 Å². The highest BCUT2D eigenvalue weighted by Gasteiger charge is 2.23. The van der Waals surface area contributed by atoms with Gasteiger partial charge in [0, 0.05) is 128 Å². The summed E-state index contributed by atoms with van der Waals surface area (Å²) < 4.78 is 6.43. The largest absolute Gasteiger partial charge is 0.478 e. The molecule has 0 aliphatic rings. The van der Waals surface area contributed by atoms with Crippen LogP contribution in [0.1, 0.15) is 111 Å². The Labute approximate surface area is 854 Å². The summed E-state index contributed by atoms with van der Waals surface area (Å²) in [5.74, 6) is -7.02. The Kier molecular flexibility index (Phi) is 39.1. The minimum atomic E-state index is -1.18. The summed E-state index contributed by atoms with van der Waals surface area (Å²) in [6.45, 7) is 15.0. The van der Waals surface area contributed by atoms with E-state index in [1.807, 2.05) is 84.9 Å². The molecule has 0 fully saturated rings. The minimum absolute atomic E-state index is 0. The molecule has 0 atom stereocenters. The van der Waals surface area contributed by atoms with E-state index in [9.17, 15) is 57.5 Å². The van der Waals surface area contributed by atoms with E-state index in [0.717, 1.165) is 73.8 Å². The standard InChI is InChI=1S/2C20H22IN3O2.C14H10INO4.2C14H8INO3.C8H5IO4.C6H6IN.ClH/c2*1-3-24(4-2)11-10-22-20(26)15-7-5-6-14-18(15)23-17-9-8-13(21)12-16(17)19(14)25;15-8-4-6-9(7-5-8)16-12-10(13(17)18)2-1-3-11(12)14(19)20;2*15-7-4-5-11-10(6-7)13(17)8-2-1-3-9(14(18)19)12(8)16-11;9-6-4(7(10)11)2-1-3-5(6)8(12)13;7-5-1-3-6(8)4-2-5;/h2*5-9,12H,3-4,10-11H2,1-2H3,(H,22,26)(H,23,25);1-7,16H,(H,17,18)(H,19,20);2*1-6H,(H,16,17)(H,18,19);1-3H,(H,10,11)(H,12,13);1-4H,8H2;1H. The number of aromatic carboxylic acids is 6. The van der Waals surface area contributed by atoms with E-state index in [1.54, 1.807) is 120 Å². The Morgan fingerprint density at radius 2 is 0.553 bits per heavy atom. The molecule has 0 radical (unpaired) electrons. The van der Waals surface area contributed by atoms with Crippen LogP contribution in [0.5, 0.6) is 0 Å². The number of aromatic amines is 4. The molecule has 16 aromatic rings. The number of likely N-dealkylation sites (N-methyl/N-ethyl adjacent to an activating group) is 2. The van der Waals surface area contributed by atoms with Gasteiger partial charge in [0.05, 0.1) is 72.3 Å². The third kappa shape index (κ3) is 26.8. The second-order valence-electron chi connectivity index (χ2n) is 28.5. The lowest BCUT2D eigenvalue weighted by Gasteiger charge is -2.18. The van der Waals surface area contributed by atoms with Gasteiger partial charge in [-0.2, -0.15) is 0 Å². The number of carbonyl (C=O) groups is 8. The van der Waals surface area contributed by atoms with Crippen molar-refractivity contribution in [1.82, 2.24) is 40.4 Å². The molecule has 680 valence electrons. The number of aromatic nitrogens is 4. The normalized spacial score (nSPS) is 10.7. The van der Waals surface area contributed by atoms with Crippen molar-refractivity contribution < 1.29 is 69.0 Å². The van der Waals surface area contributed by atoms with Gasteiger partial charge in [-0.05, 0) is 378 Å². The van der Waals surface area contributed by atoms with Crippen LogP contribution in [0.25, 0.3) is 87.2 Å². The molecule has 0 saturated heterocycles. The number of carboxylic acid groups (broad SMARTS) is 6. The highest BCUT2D eigenvalue weighted by atomic mass is 127. The third-order valence-electron chi connectivity index (χ3n) is 20.3. The molecule has 0 aliphatic heterocycles. The first-order chi connectivity index (χ1) is 62.6. The smallest absolute Gasteiger partial charge is 0.337 e. The third-order valence-corrected chi connectivity index (χ3v) is 25.6. The van der Waals surface area contributed by atoms with Gasteiger partial charge >= 0.3 is 35.8 Å². The van der Waals surface area contributed by atoms with Gasteiger partial charge in [0.15, 0.2) is 21.7 Å². The number of carbonyl (C=O) groups excluding carboxylic acids is 2. The van der Waals surface area contributed by atoms with Crippen molar-refractivity contribution in [2.75, 3.05) is 63.4 Å². The van der Waals surface area contributed by atoms with Crippen LogP contribution in [0.2, 0.25) is 0 Å². The number of rotatable bonds is 20. The number of nitrogen functional groups attached to an aromatic ring is 1. The Hall–Kier alpha value is -10.8. The lowest BCUT2D eigenvalue weighted by molar-refractivity contribution is 0.0676. The van der Waals surface area contributed by atoms with E-state index in [2.05, 4.69) is 209 Å². The molecule has 0 bridgehead atoms. The zero-order valence-corrected chi connectivity index (χ0v) is 86.1. The summed E-state index contributed by atoms with van der Waals surface area (Å²) in [6.07, 6.45) is 0. The van der Waals surface area contributed by atoms with Crippen LogP contribution in [0.4, 0.5) is 17.1 Å². The van der Waals surface area contributed by atoms with Crippen molar-refractivity contribution in [2.24, 2.45) is 0 Å². The first-order valence-electron chi connectivity index (χ1n) is 39.9. The molecule has 2 amide bonds. The number of benzene rings is 12. The number of hydrogen-bond donors (Lipinski definition) is 14. The number of pyridine rings is 4.